The van der Waals surface area contributed by atoms with Gasteiger partial charge in [0.2, 0.25) is 0 Å². The highest BCUT2D eigenvalue weighted by molar-refractivity contribution is 9.10. The minimum absolute atomic E-state index is 0.201. The minimum Gasteiger partial charge on any atom is -0.396 e. The quantitative estimate of drug-likeness (QED) is 0.846. The summed E-state index contributed by atoms with van der Waals surface area (Å²) in [5.74, 6) is 1.29. The number of aliphatic hydroxyl groups is 1. The lowest BCUT2D eigenvalue weighted by Gasteiger charge is -2.10. The van der Waals surface area contributed by atoms with Crippen molar-refractivity contribution < 1.29 is 5.11 Å². The van der Waals surface area contributed by atoms with Gasteiger partial charge in [0.25, 0.3) is 0 Å². The number of thioether (sulfide) groups is 1. The molecule has 3 heteroatoms. The lowest BCUT2D eigenvalue weighted by Crippen LogP contribution is -1.98. The molecule has 0 saturated carbocycles. The molecule has 0 spiro atoms. The van der Waals surface area contributed by atoms with Gasteiger partial charge in [-0.2, -0.15) is 0 Å². The number of hydrogen-bond donors (Lipinski definition) is 1. The third-order valence-electron chi connectivity index (χ3n) is 2.10. The number of halogens is 1. The minimum atomic E-state index is 0.201. The molecule has 1 N–H and O–H groups in total. The Hall–Kier alpha value is 0.01000. The molecule has 0 fully saturated rings. The van der Waals surface area contributed by atoms with Gasteiger partial charge in [-0.05, 0) is 39.4 Å². The molecular formula is C11H15BrOS. The summed E-state index contributed by atoms with van der Waals surface area (Å²) in [6, 6.07) is 6.29. The molecular weight excluding hydrogens is 260 g/mol. The zero-order valence-electron chi connectivity index (χ0n) is 8.46. The van der Waals surface area contributed by atoms with Crippen LogP contribution >= 0.6 is 27.7 Å². The molecule has 0 aromatic heterocycles. The van der Waals surface area contributed by atoms with Crippen LogP contribution in [0.4, 0.5) is 0 Å². The Bertz CT molecular complexity index is 301. The highest BCUT2D eigenvalue weighted by Crippen LogP contribution is 2.30. The average molecular weight is 275 g/mol. The van der Waals surface area contributed by atoms with Crippen molar-refractivity contribution in [1.29, 1.82) is 0 Å². The zero-order chi connectivity index (χ0) is 10.6. The van der Waals surface area contributed by atoms with Crippen LogP contribution in [0.1, 0.15) is 25.3 Å². The summed E-state index contributed by atoms with van der Waals surface area (Å²) in [7, 11) is 0. The molecule has 1 aromatic rings. The fourth-order valence-electron chi connectivity index (χ4n) is 1.20. The van der Waals surface area contributed by atoms with E-state index in [0.29, 0.717) is 0 Å². The largest absolute Gasteiger partial charge is 0.396 e. The van der Waals surface area contributed by atoms with E-state index in [4.69, 9.17) is 5.11 Å². The SMILES string of the molecule is CCSc1ccc(C(C)CO)cc1Br. The van der Waals surface area contributed by atoms with Crippen LogP contribution in [0.25, 0.3) is 0 Å². The topological polar surface area (TPSA) is 20.2 Å². The van der Waals surface area contributed by atoms with Crippen molar-refractivity contribution in [3.05, 3.63) is 28.2 Å². The lowest BCUT2D eigenvalue weighted by molar-refractivity contribution is 0.273. The van der Waals surface area contributed by atoms with Gasteiger partial charge in [-0.1, -0.05) is 19.9 Å². The van der Waals surface area contributed by atoms with Gasteiger partial charge in [0.05, 0.1) is 0 Å². The molecule has 0 aliphatic heterocycles. The third kappa shape index (κ3) is 3.01. The smallest absolute Gasteiger partial charge is 0.0497 e. The van der Waals surface area contributed by atoms with Gasteiger partial charge in [-0.25, -0.2) is 0 Å². The van der Waals surface area contributed by atoms with E-state index < -0.39 is 0 Å². The van der Waals surface area contributed by atoms with Gasteiger partial charge in [0, 0.05) is 21.9 Å². The molecule has 0 radical (unpaired) electrons. The number of hydrogen-bond acceptors (Lipinski definition) is 2. The fraction of sp³-hybridized carbons (Fsp3) is 0.455. The van der Waals surface area contributed by atoms with Crippen LogP contribution in [-0.4, -0.2) is 17.5 Å². The predicted molar refractivity (Wildman–Crippen MR) is 66.0 cm³/mol. The highest BCUT2D eigenvalue weighted by atomic mass is 79.9. The maximum atomic E-state index is 9.03. The Morgan fingerprint density at radius 1 is 1.50 bits per heavy atom. The van der Waals surface area contributed by atoms with Crippen LogP contribution in [0, 0.1) is 0 Å². The molecule has 0 heterocycles. The third-order valence-corrected chi connectivity index (χ3v) is 3.97. The van der Waals surface area contributed by atoms with Crippen molar-refractivity contribution in [3.63, 3.8) is 0 Å². The van der Waals surface area contributed by atoms with Crippen LogP contribution in [0.3, 0.4) is 0 Å². The van der Waals surface area contributed by atoms with E-state index in [-0.39, 0.29) is 12.5 Å². The second-order valence-electron chi connectivity index (χ2n) is 3.21. The zero-order valence-corrected chi connectivity index (χ0v) is 10.9. The van der Waals surface area contributed by atoms with E-state index in [1.54, 1.807) is 0 Å². The van der Waals surface area contributed by atoms with Gasteiger partial charge in [0.15, 0.2) is 0 Å². The molecule has 0 amide bonds. The van der Waals surface area contributed by atoms with Gasteiger partial charge in [-0.3, -0.25) is 0 Å². The Kier molecular flexibility index (Phi) is 4.99. The molecule has 14 heavy (non-hydrogen) atoms. The molecule has 1 unspecified atom stereocenters. The van der Waals surface area contributed by atoms with E-state index >= 15 is 0 Å². The normalized spacial score (nSPS) is 12.9. The van der Waals surface area contributed by atoms with Crippen LogP contribution in [0.5, 0.6) is 0 Å². The summed E-state index contributed by atoms with van der Waals surface area (Å²) < 4.78 is 1.13. The van der Waals surface area contributed by atoms with Gasteiger partial charge in [-0.15, -0.1) is 11.8 Å². The molecule has 0 bridgehead atoms. The first-order chi connectivity index (χ1) is 6.69. The highest BCUT2D eigenvalue weighted by Gasteiger charge is 2.06. The number of benzene rings is 1. The first kappa shape index (κ1) is 12.1. The average Bonchev–Trinajstić information content (AvgIpc) is 2.20. The van der Waals surface area contributed by atoms with E-state index in [1.165, 1.54) is 10.5 Å². The van der Waals surface area contributed by atoms with Crippen LogP contribution in [0.15, 0.2) is 27.6 Å². The molecule has 1 aromatic carbocycles. The maximum absolute atomic E-state index is 9.03. The van der Waals surface area contributed by atoms with Crippen molar-refractivity contribution in [2.75, 3.05) is 12.4 Å². The maximum Gasteiger partial charge on any atom is 0.0497 e. The first-order valence-electron chi connectivity index (χ1n) is 4.72. The first-order valence-corrected chi connectivity index (χ1v) is 6.50. The summed E-state index contributed by atoms with van der Waals surface area (Å²) in [6.07, 6.45) is 0. The van der Waals surface area contributed by atoms with Gasteiger partial charge in [0.1, 0.15) is 0 Å². The van der Waals surface area contributed by atoms with Crippen molar-refractivity contribution in [1.82, 2.24) is 0 Å². The monoisotopic (exact) mass is 274 g/mol. The fourth-order valence-corrected chi connectivity index (χ4v) is 2.61. The molecule has 78 valence electrons. The van der Waals surface area contributed by atoms with Crippen molar-refractivity contribution >= 4 is 27.7 Å². The van der Waals surface area contributed by atoms with E-state index in [2.05, 4.69) is 41.1 Å². The summed E-state index contributed by atoms with van der Waals surface area (Å²) in [4.78, 5) is 1.27. The Balaban J connectivity index is 2.88. The number of aliphatic hydroxyl groups excluding tert-OH is 1. The van der Waals surface area contributed by atoms with Crippen molar-refractivity contribution in [2.24, 2.45) is 0 Å². The Morgan fingerprint density at radius 3 is 2.71 bits per heavy atom. The molecule has 1 rings (SSSR count). The van der Waals surface area contributed by atoms with Crippen LogP contribution in [0.2, 0.25) is 0 Å². The molecule has 0 aliphatic rings. The second kappa shape index (κ2) is 5.79. The van der Waals surface area contributed by atoms with E-state index in [9.17, 15) is 0 Å². The van der Waals surface area contributed by atoms with Crippen molar-refractivity contribution in [3.8, 4) is 0 Å². The van der Waals surface area contributed by atoms with Crippen molar-refractivity contribution in [2.45, 2.75) is 24.7 Å². The van der Waals surface area contributed by atoms with Gasteiger partial charge < -0.3 is 5.11 Å². The summed E-state index contributed by atoms with van der Waals surface area (Å²) in [6.45, 7) is 4.36. The molecule has 0 saturated heterocycles. The number of rotatable bonds is 4. The standard InChI is InChI=1S/C11H15BrOS/c1-3-14-11-5-4-9(6-10(11)12)8(2)7-13/h4-6,8,13H,3,7H2,1-2H3. The summed E-state index contributed by atoms with van der Waals surface area (Å²) in [5.41, 5.74) is 1.18. The summed E-state index contributed by atoms with van der Waals surface area (Å²) in [5, 5.41) is 9.03. The lowest BCUT2D eigenvalue weighted by atomic mass is 10.0. The molecule has 1 atom stereocenters. The van der Waals surface area contributed by atoms with Crippen LogP contribution in [-0.2, 0) is 0 Å². The summed E-state index contributed by atoms with van der Waals surface area (Å²) >= 11 is 5.36. The second-order valence-corrected chi connectivity index (χ2v) is 5.37. The predicted octanol–water partition coefficient (Wildman–Crippen LogP) is 3.66. The molecule has 0 aliphatic carbocycles. The van der Waals surface area contributed by atoms with Crippen LogP contribution < -0.4 is 0 Å². The Morgan fingerprint density at radius 2 is 2.21 bits per heavy atom. The van der Waals surface area contributed by atoms with E-state index in [0.717, 1.165) is 10.2 Å². The molecule has 1 nitrogen and oxygen atoms in total. The Labute approximate surface area is 98.0 Å². The van der Waals surface area contributed by atoms with E-state index in [1.807, 2.05) is 18.7 Å². The van der Waals surface area contributed by atoms with Gasteiger partial charge >= 0.3 is 0 Å².